The van der Waals surface area contributed by atoms with Crippen LogP contribution >= 0.6 is 11.3 Å². The predicted octanol–water partition coefficient (Wildman–Crippen LogP) is 4.27. The average Bonchev–Trinajstić information content (AvgIpc) is 3.18. The van der Waals surface area contributed by atoms with Gasteiger partial charge in [0.15, 0.2) is 16.7 Å². The zero-order chi connectivity index (χ0) is 22.1. The molecule has 0 amide bonds. The number of thiazole rings is 1. The molecule has 0 aliphatic carbocycles. The Hall–Kier alpha value is -1.74. The van der Waals surface area contributed by atoms with Gasteiger partial charge in [-0.3, -0.25) is 9.80 Å². The van der Waals surface area contributed by atoms with Crippen LogP contribution in [0.15, 0.2) is 23.6 Å². The molecule has 1 N–H and O–H groups in total. The van der Waals surface area contributed by atoms with Crippen molar-refractivity contribution in [2.75, 3.05) is 65.3 Å². The van der Waals surface area contributed by atoms with E-state index in [9.17, 15) is 4.39 Å². The Morgan fingerprint density at radius 1 is 1.16 bits per heavy atom. The van der Waals surface area contributed by atoms with Crippen molar-refractivity contribution < 1.29 is 9.13 Å². The number of aromatic nitrogens is 1. The summed E-state index contributed by atoms with van der Waals surface area (Å²) in [5.74, 6) is -0.0309. The minimum atomic E-state index is -0.342. The van der Waals surface area contributed by atoms with E-state index in [2.05, 4.69) is 46.4 Å². The molecule has 1 aliphatic heterocycles. The first kappa shape index (κ1) is 23.9. The van der Waals surface area contributed by atoms with E-state index in [-0.39, 0.29) is 5.82 Å². The molecule has 172 valence electrons. The summed E-state index contributed by atoms with van der Waals surface area (Å²) < 4.78 is 19.9. The molecule has 2 heterocycles. The molecule has 0 radical (unpaired) electrons. The largest absolute Gasteiger partial charge is 0.491 e. The summed E-state index contributed by atoms with van der Waals surface area (Å²) in [6.07, 6.45) is 3.17. The van der Waals surface area contributed by atoms with E-state index in [4.69, 9.17) is 9.72 Å². The van der Waals surface area contributed by atoms with Crippen LogP contribution in [0.3, 0.4) is 0 Å². The van der Waals surface area contributed by atoms with Crippen molar-refractivity contribution in [1.82, 2.24) is 19.7 Å². The lowest BCUT2D eigenvalue weighted by Gasteiger charge is -2.34. The molecule has 3 rings (SSSR count). The van der Waals surface area contributed by atoms with Crippen molar-refractivity contribution in [2.24, 2.45) is 0 Å². The lowest BCUT2D eigenvalue weighted by atomic mass is 10.2. The molecule has 1 saturated heterocycles. The quantitative estimate of drug-likeness (QED) is 0.488. The normalized spacial score (nSPS) is 15.5. The third kappa shape index (κ3) is 8.03. The Morgan fingerprint density at radius 3 is 2.65 bits per heavy atom. The number of rotatable bonds is 12. The number of ether oxygens (including phenoxy) is 1. The summed E-state index contributed by atoms with van der Waals surface area (Å²) >= 11 is 1.56. The molecule has 1 aromatic carbocycles. The Balaban J connectivity index is 1.44. The topological polar surface area (TPSA) is 43.9 Å². The second-order valence-electron chi connectivity index (χ2n) is 8.39. The van der Waals surface area contributed by atoms with Crippen molar-refractivity contribution in [3.8, 4) is 5.75 Å². The van der Waals surface area contributed by atoms with Gasteiger partial charge in [-0.15, -0.1) is 11.3 Å². The number of unbranched alkanes of at least 4 members (excludes halogenated alkanes) is 2. The van der Waals surface area contributed by atoms with Gasteiger partial charge >= 0.3 is 0 Å². The van der Waals surface area contributed by atoms with Crippen LogP contribution in [0.25, 0.3) is 0 Å². The average molecular weight is 450 g/mol. The van der Waals surface area contributed by atoms with Gasteiger partial charge in [0, 0.05) is 62.9 Å². The highest BCUT2D eigenvalue weighted by atomic mass is 32.1. The SMILES string of the molecule is CCCCCOc1ccc(Nc2nc(CN3CCN(CCN(C)C)CC3)cs2)cc1F. The summed E-state index contributed by atoms with van der Waals surface area (Å²) in [7, 11) is 4.24. The van der Waals surface area contributed by atoms with Gasteiger partial charge in [0.2, 0.25) is 0 Å². The summed E-state index contributed by atoms with van der Waals surface area (Å²) in [5.41, 5.74) is 1.75. The van der Waals surface area contributed by atoms with Gasteiger partial charge < -0.3 is 15.0 Å². The van der Waals surface area contributed by atoms with E-state index >= 15 is 0 Å². The molecule has 0 bridgehead atoms. The van der Waals surface area contributed by atoms with E-state index in [1.807, 2.05) is 6.07 Å². The Bertz CT molecular complexity index is 792. The van der Waals surface area contributed by atoms with Crippen molar-refractivity contribution in [3.63, 3.8) is 0 Å². The van der Waals surface area contributed by atoms with Crippen LogP contribution in [0, 0.1) is 5.82 Å². The predicted molar refractivity (Wildman–Crippen MR) is 127 cm³/mol. The van der Waals surface area contributed by atoms with Crippen LogP contribution < -0.4 is 10.1 Å². The molecule has 8 heteroatoms. The highest BCUT2D eigenvalue weighted by molar-refractivity contribution is 7.13. The van der Waals surface area contributed by atoms with E-state index in [1.54, 1.807) is 17.4 Å². The maximum atomic E-state index is 14.3. The highest BCUT2D eigenvalue weighted by Gasteiger charge is 2.18. The molecule has 31 heavy (non-hydrogen) atoms. The Morgan fingerprint density at radius 2 is 1.94 bits per heavy atom. The number of hydrogen-bond donors (Lipinski definition) is 1. The van der Waals surface area contributed by atoms with E-state index in [1.165, 1.54) is 6.07 Å². The summed E-state index contributed by atoms with van der Waals surface area (Å²) in [5, 5.41) is 6.09. The smallest absolute Gasteiger partial charge is 0.187 e. The van der Waals surface area contributed by atoms with Crippen LogP contribution in [-0.4, -0.2) is 79.7 Å². The first-order chi connectivity index (χ1) is 15.0. The van der Waals surface area contributed by atoms with Gasteiger partial charge in [-0.05, 0) is 32.6 Å². The molecule has 2 aromatic rings. The standard InChI is InChI=1S/C23H36FN5OS/c1-4-5-6-15-30-22-8-7-19(16-21(22)24)25-23-26-20(18-31-23)17-29-13-11-28(12-14-29)10-9-27(2)3/h7-8,16,18H,4-6,9-15,17H2,1-3H3,(H,25,26). The fraction of sp³-hybridized carbons (Fsp3) is 0.609. The molecule has 1 fully saturated rings. The van der Waals surface area contributed by atoms with Crippen molar-refractivity contribution >= 4 is 22.2 Å². The van der Waals surface area contributed by atoms with Crippen LogP contribution in [0.1, 0.15) is 31.9 Å². The number of likely N-dealkylation sites (N-methyl/N-ethyl adjacent to an activating group) is 1. The molecule has 0 saturated carbocycles. The highest BCUT2D eigenvalue weighted by Crippen LogP contribution is 2.26. The van der Waals surface area contributed by atoms with Crippen LogP contribution in [0.2, 0.25) is 0 Å². The van der Waals surface area contributed by atoms with Gasteiger partial charge in [-0.2, -0.15) is 0 Å². The van der Waals surface area contributed by atoms with Crippen LogP contribution in [-0.2, 0) is 6.54 Å². The first-order valence-corrected chi connectivity index (χ1v) is 12.1. The number of halogens is 1. The molecule has 0 atom stereocenters. The van der Waals surface area contributed by atoms with Crippen LogP contribution in [0.5, 0.6) is 5.75 Å². The lowest BCUT2D eigenvalue weighted by Crippen LogP contribution is -2.47. The lowest BCUT2D eigenvalue weighted by molar-refractivity contribution is 0.120. The number of benzene rings is 1. The zero-order valence-electron chi connectivity index (χ0n) is 19.1. The van der Waals surface area contributed by atoms with Crippen molar-refractivity contribution in [1.29, 1.82) is 0 Å². The van der Waals surface area contributed by atoms with Gasteiger partial charge in [0.1, 0.15) is 0 Å². The number of anilines is 2. The van der Waals surface area contributed by atoms with Crippen LogP contribution in [0.4, 0.5) is 15.2 Å². The fourth-order valence-corrected chi connectivity index (χ4v) is 4.25. The number of nitrogens with zero attached hydrogens (tertiary/aromatic N) is 4. The van der Waals surface area contributed by atoms with Crippen molar-refractivity contribution in [2.45, 2.75) is 32.7 Å². The maximum Gasteiger partial charge on any atom is 0.187 e. The van der Waals surface area contributed by atoms with E-state index in [0.717, 1.165) is 75.9 Å². The fourth-order valence-electron chi connectivity index (χ4n) is 3.53. The molecule has 1 aromatic heterocycles. The summed E-state index contributed by atoms with van der Waals surface area (Å²) in [6, 6.07) is 5.00. The monoisotopic (exact) mass is 449 g/mol. The number of nitrogens with one attached hydrogen (secondary N) is 1. The van der Waals surface area contributed by atoms with Gasteiger partial charge in [-0.1, -0.05) is 19.8 Å². The first-order valence-electron chi connectivity index (χ1n) is 11.3. The molecule has 1 aliphatic rings. The van der Waals surface area contributed by atoms with E-state index in [0.29, 0.717) is 18.0 Å². The molecule has 0 spiro atoms. The zero-order valence-corrected chi connectivity index (χ0v) is 19.9. The molecule has 6 nitrogen and oxygen atoms in total. The number of piperazine rings is 1. The van der Waals surface area contributed by atoms with Gasteiger partial charge in [-0.25, -0.2) is 9.37 Å². The second-order valence-corrected chi connectivity index (χ2v) is 9.25. The summed E-state index contributed by atoms with van der Waals surface area (Å²) in [6.45, 7) is 10.1. The van der Waals surface area contributed by atoms with Gasteiger partial charge in [0.25, 0.3) is 0 Å². The third-order valence-electron chi connectivity index (χ3n) is 5.45. The second kappa shape index (κ2) is 12.3. The molecular formula is C23H36FN5OS. The third-order valence-corrected chi connectivity index (χ3v) is 6.26. The maximum absolute atomic E-state index is 14.3. The van der Waals surface area contributed by atoms with Crippen molar-refractivity contribution in [3.05, 3.63) is 35.1 Å². The minimum absolute atomic E-state index is 0.311. The minimum Gasteiger partial charge on any atom is -0.491 e. The van der Waals surface area contributed by atoms with Gasteiger partial charge in [0.05, 0.1) is 12.3 Å². The molecular weight excluding hydrogens is 413 g/mol. The van der Waals surface area contributed by atoms with E-state index < -0.39 is 0 Å². The number of hydrogen-bond acceptors (Lipinski definition) is 7. The Kier molecular flexibility index (Phi) is 9.52. The Labute approximate surface area is 190 Å². The summed E-state index contributed by atoms with van der Waals surface area (Å²) in [4.78, 5) is 11.9. The molecule has 0 unspecified atom stereocenters.